The van der Waals surface area contributed by atoms with E-state index in [-0.39, 0.29) is 28.6 Å². The van der Waals surface area contributed by atoms with Crippen LogP contribution in [0.4, 0.5) is 0 Å². The number of amides is 1. The summed E-state index contributed by atoms with van der Waals surface area (Å²) >= 11 is 0. The second-order valence-electron chi connectivity index (χ2n) is 9.29. The zero-order valence-electron chi connectivity index (χ0n) is 16.1. The van der Waals surface area contributed by atoms with E-state index in [1.165, 1.54) is 43.1 Å². The topological polar surface area (TPSA) is 64.0 Å². The number of hydrogen-bond donors (Lipinski definition) is 1. The number of benzene rings is 1. The van der Waals surface area contributed by atoms with E-state index in [1.807, 2.05) is 24.3 Å². The average molecular weight is 365 g/mol. The second-order valence-corrected chi connectivity index (χ2v) is 9.29. The van der Waals surface area contributed by atoms with Gasteiger partial charge >= 0.3 is 0 Å². The van der Waals surface area contributed by atoms with Gasteiger partial charge in [-0.15, -0.1) is 0 Å². The lowest BCUT2D eigenvalue weighted by Crippen LogP contribution is -2.56. The van der Waals surface area contributed by atoms with Crippen LogP contribution in [0, 0.1) is 23.2 Å². The monoisotopic (exact) mass is 365 g/mol. The Balaban J connectivity index is 1.43. The minimum absolute atomic E-state index is 0.00720. The van der Waals surface area contributed by atoms with Crippen molar-refractivity contribution < 1.29 is 4.79 Å². The van der Waals surface area contributed by atoms with E-state index in [1.54, 1.807) is 7.05 Å². The summed E-state index contributed by atoms with van der Waals surface area (Å²) in [6, 6.07) is 7.52. The highest BCUT2D eigenvalue weighted by Gasteiger charge is 2.53. The maximum Gasteiger partial charge on any atom is 0.282 e. The molecule has 142 valence electrons. The number of nitrogens with one attached hydrogen (secondary N) is 1. The molecule has 4 saturated carbocycles. The number of nitrogens with zero attached hydrogens (tertiary/aromatic N) is 2. The van der Waals surface area contributed by atoms with Crippen LogP contribution in [0.3, 0.4) is 0 Å². The molecule has 1 aromatic carbocycles. The van der Waals surface area contributed by atoms with Gasteiger partial charge in [0.25, 0.3) is 11.5 Å². The van der Waals surface area contributed by atoms with Crippen LogP contribution in [-0.2, 0) is 7.05 Å². The molecule has 5 nitrogen and oxygen atoms in total. The van der Waals surface area contributed by atoms with Crippen LogP contribution in [0.5, 0.6) is 0 Å². The molecule has 0 saturated heterocycles. The molecule has 6 rings (SSSR count). The molecule has 0 aliphatic heterocycles. The van der Waals surface area contributed by atoms with E-state index in [9.17, 15) is 9.59 Å². The van der Waals surface area contributed by atoms with Gasteiger partial charge in [-0.05, 0) is 80.8 Å². The standard InChI is InChI=1S/C22H27N3O2/c1-13(22-10-14-7-15(11-22)9-16(8-14)12-22)23-20(26)19-21(27)25(2)18-6-4-3-5-17(18)24-19/h3-6,13-16H,7-12H2,1-2H3,(H,23,26). The summed E-state index contributed by atoms with van der Waals surface area (Å²) in [6.45, 7) is 2.14. The maximum atomic E-state index is 13.0. The number of carbonyl (C=O) groups is 1. The summed E-state index contributed by atoms with van der Waals surface area (Å²) in [5, 5.41) is 3.17. The van der Waals surface area contributed by atoms with Gasteiger partial charge in [0.2, 0.25) is 0 Å². The average Bonchev–Trinajstić information content (AvgIpc) is 2.63. The van der Waals surface area contributed by atoms with Crippen molar-refractivity contribution >= 4 is 16.9 Å². The maximum absolute atomic E-state index is 13.0. The Morgan fingerprint density at radius 3 is 2.37 bits per heavy atom. The smallest absolute Gasteiger partial charge is 0.282 e. The highest BCUT2D eigenvalue weighted by atomic mass is 16.2. The first-order chi connectivity index (χ1) is 12.9. The van der Waals surface area contributed by atoms with Gasteiger partial charge in [0, 0.05) is 13.1 Å². The zero-order chi connectivity index (χ0) is 18.8. The number of aromatic nitrogens is 2. The van der Waals surface area contributed by atoms with Gasteiger partial charge < -0.3 is 9.88 Å². The van der Waals surface area contributed by atoms with E-state index >= 15 is 0 Å². The molecular formula is C22H27N3O2. The van der Waals surface area contributed by atoms with Crippen molar-refractivity contribution in [2.75, 3.05) is 0 Å². The van der Waals surface area contributed by atoms with Crippen molar-refractivity contribution in [1.29, 1.82) is 0 Å². The van der Waals surface area contributed by atoms with Gasteiger partial charge in [0.05, 0.1) is 11.0 Å². The molecule has 1 heterocycles. The van der Waals surface area contributed by atoms with Crippen molar-refractivity contribution in [1.82, 2.24) is 14.9 Å². The number of hydrogen-bond acceptors (Lipinski definition) is 3. The molecule has 4 aliphatic rings. The highest BCUT2D eigenvalue weighted by molar-refractivity contribution is 5.94. The van der Waals surface area contributed by atoms with E-state index in [4.69, 9.17) is 0 Å². The number of rotatable bonds is 3. The van der Waals surface area contributed by atoms with Gasteiger partial charge in [-0.25, -0.2) is 4.98 Å². The summed E-state index contributed by atoms with van der Waals surface area (Å²) in [7, 11) is 1.70. The van der Waals surface area contributed by atoms with Crippen LogP contribution >= 0.6 is 0 Å². The molecule has 4 bridgehead atoms. The highest BCUT2D eigenvalue weighted by Crippen LogP contribution is 2.61. The van der Waals surface area contributed by atoms with Gasteiger partial charge in [-0.2, -0.15) is 0 Å². The third-order valence-corrected chi connectivity index (χ3v) is 7.55. The molecule has 1 amide bonds. The van der Waals surface area contributed by atoms with Crippen LogP contribution in [0.25, 0.3) is 11.0 Å². The Bertz CT molecular complexity index is 942. The van der Waals surface area contributed by atoms with E-state index in [2.05, 4.69) is 17.2 Å². The Labute approximate surface area is 159 Å². The van der Waals surface area contributed by atoms with Crippen molar-refractivity contribution in [2.45, 2.75) is 51.5 Å². The van der Waals surface area contributed by atoms with Gasteiger partial charge in [-0.3, -0.25) is 9.59 Å². The molecule has 1 aromatic heterocycles. The Hall–Kier alpha value is -2.17. The van der Waals surface area contributed by atoms with Crippen molar-refractivity contribution in [3.05, 3.63) is 40.3 Å². The minimum atomic E-state index is -0.330. The minimum Gasteiger partial charge on any atom is -0.348 e. The number of carbonyl (C=O) groups excluding carboxylic acids is 1. The lowest BCUT2D eigenvalue weighted by Gasteiger charge is -2.59. The largest absolute Gasteiger partial charge is 0.348 e. The number of aryl methyl sites for hydroxylation is 1. The van der Waals surface area contributed by atoms with Crippen molar-refractivity contribution in [3.63, 3.8) is 0 Å². The third kappa shape index (κ3) is 2.62. The molecule has 4 fully saturated rings. The summed E-state index contributed by atoms with van der Waals surface area (Å²) in [5.41, 5.74) is 1.31. The van der Waals surface area contributed by atoms with Crippen LogP contribution in [0.1, 0.15) is 55.9 Å². The first kappa shape index (κ1) is 17.0. The molecule has 4 aliphatic carbocycles. The Morgan fingerprint density at radius 1 is 1.15 bits per heavy atom. The van der Waals surface area contributed by atoms with Gasteiger partial charge in [0.15, 0.2) is 5.69 Å². The predicted octanol–water partition coefficient (Wildman–Crippen LogP) is 3.27. The molecule has 2 aromatic rings. The van der Waals surface area contributed by atoms with E-state index < -0.39 is 0 Å². The van der Waals surface area contributed by atoms with E-state index in [0.717, 1.165) is 23.3 Å². The molecular weight excluding hydrogens is 338 g/mol. The fraction of sp³-hybridized carbons (Fsp3) is 0.591. The van der Waals surface area contributed by atoms with Gasteiger partial charge in [-0.1, -0.05) is 12.1 Å². The van der Waals surface area contributed by atoms with Crippen molar-refractivity contribution in [3.8, 4) is 0 Å². The molecule has 1 N–H and O–H groups in total. The Kier molecular flexibility index (Phi) is 3.72. The van der Waals surface area contributed by atoms with Crippen LogP contribution in [0.15, 0.2) is 29.1 Å². The predicted molar refractivity (Wildman–Crippen MR) is 105 cm³/mol. The quantitative estimate of drug-likeness (QED) is 0.908. The third-order valence-electron chi connectivity index (χ3n) is 7.55. The lowest BCUT2D eigenvalue weighted by molar-refractivity contribution is -0.0688. The SMILES string of the molecule is CC(NC(=O)c1nc2ccccc2n(C)c1=O)C12CC3CC(CC(C3)C1)C2. The normalized spacial score (nSPS) is 32.6. The van der Waals surface area contributed by atoms with Crippen LogP contribution < -0.4 is 10.9 Å². The summed E-state index contributed by atoms with van der Waals surface area (Å²) < 4.78 is 1.52. The molecule has 1 atom stereocenters. The summed E-state index contributed by atoms with van der Waals surface area (Å²) in [4.78, 5) is 30.1. The fourth-order valence-electron chi connectivity index (χ4n) is 6.55. The molecule has 0 radical (unpaired) electrons. The fourth-order valence-corrected chi connectivity index (χ4v) is 6.55. The van der Waals surface area contributed by atoms with E-state index in [0.29, 0.717) is 5.52 Å². The molecule has 0 spiro atoms. The number of fused-ring (bicyclic) bond motifs is 1. The number of para-hydroxylation sites is 2. The van der Waals surface area contributed by atoms with Gasteiger partial charge in [0.1, 0.15) is 0 Å². The molecule has 1 unspecified atom stereocenters. The first-order valence-corrected chi connectivity index (χ1v) is 10.2. The summed E-state index contributed by atoms with van der Waals surface area (Å²) in [5.74, 6) is 2.18. The lowest BCUT2D eigenvalue weighted by atomic mass is 9.48. The van der Waals surface area contributed by atoms with Crippen LogP contribution in [-0.4, -0.2) is 21.5 Å². The van der Waals surface area contributed by atoms with Crippen molar-refractivity contribution in [2.24, 2.45) is 30.2 Å². The Morgan fingerprint density at radius 2 is 1.74 bits per heavy atom. The molecule has 27 heavy (non-hydrogen) atoms. The zero-order valence-corrected chi connectivity index (χ0v) is 16.1. The second kappa shape index (κ2) is 5.91. The molecule has 5 heteroatoms. The first-order valence-electron chi connectivity index (χ1n) is 10.2. The summed E-state index contributed by atoms with van der Waals surface area (Å²) in [6.07, 6.45) is 7.82. The van der Waals surface area contributed by atoms with Crippen LogP contribution in [0.2, 0.25) is 0 Å².